The molecular weight excluding hydrogens is 192 g/mol. The van der Waals surface area contributed by atoms with Gasteiger partial charge in [-0.25, -0.2) is 0 Å². The minimum atomic E-state index is 0.0954. The number of hydrogen-bond acceptors (Lipinski definition) is 3. The lowest BCUT2D eigenvalue weighted by atomic mass is 10.1. The van der Waals surface area contributed by atoms with Crippen molar-refractivity contribution in [2.45, 2.75) is 38.3 Å². The van der Waals surface area contributed by atoms with Crippen molar-refractivity contribution >= 4 is 5.91 Å². The summed E-state index contributed by atoms with van der Waals surface area (Å²) in [5.41, 5.74) is 0. The third-order valence-electron chi connectivity index (χ3n) is 3.10. The fraction of sp³-hybridized carbons (Fsp3) is 0.909. The summed E-state index contributed by atoms with van der Waals surface area (Å²) < 4.78 is 5.66. The van der Waals surface area contributed by atoms with Crippen LogP contribution in [-0.4, -0.2) is 37.7 Å². The van der Waals surface area contributed by atoms with Gasteiger partial charge in [-0.3, -0.25) is 4.79 Å². The highest BCUT2D eigenvalue weighted by molar-refractivity contribution is 5.78. The minimum Gasteiger partial charge on any atom is -0.376 e. The number of rotatable bonds is 5. The van der Waals surface area contributed by atoms with Crippen LogP contribution in [0.15, 0.2) is 0 Å². The van der Waals surface area contributed by atoms with E-state index in [0.717, 1.165) is 19.6 Å². The molecule has 1 aliphatic heterocycles. The van der Waals surface area contributed by atoms with Gasteiger partial charge in [0.1, 0.15) is 0 Å². The predicted molar refractivity (Wildman–Crippen MR) is 57.6 cm³/mol. The van der Waals surface area contributed by atoms with Gasteiger partial charge < -0.3 is 15.4 Å². The van der Waals surface area contributed by atoms with Crippen molar-refractivity contribution in [3.05, 3.63) is 0 Å². The Balaban J connectivity index is 1.74. The molecule has 2 rings (SSSR count). The molecule has 1 saturated heterocycles. The molecule has 2 unspecified atom stereocenters. The third-order valence-corrected chi connectivity index (χ3v) is 3.10. The predicted octanol–water partition coefficient (Wildman–Crippen LogP) is 0.280. The van der Waals surface area contributed by atoms with Gasteiger partial charge in [0.25, 0.3) is 0 Å². The quantitative estimate of drug-likeness (QED) is 0.688. The van der Waals surface area contributed by atoms with Crippen LogP contribution in [0, 0.1) is 5.92 Å². The zero-order valence-corrected chi connectivity index (χ0v) is 9.29. The highest BCUT2D eigenvalue weighted by Crippen LogP contribution is 2.38. The molecule has 2 atom stereocenters. The van der Waals surface area contributed by atoms with Crippen molar-refractivity contribution < 1.29 is 9.53 Å². The van der Waals surface area contributed by atoms with Gasteiger partial charge in [0.05, 0.1) is 18.7 Å². The molecule has 2 aliphatic rings. The number of amides is 1. The van der Waals surface area contributed by atoms with Gasteiger partial charge in [0, 0.05) is 6.61 Å². The SMILES string of the molecule is CCNCC(=O)NC1CCOC1C1CC1. The first kappa shape index (κ1) is 10.9. The number of hydrogen-bond donors (Lipinski definition) is 2. The Hall–Kier alpha value is -0.610. The maximum atomic E-state index is 11.5. The van der Waals surface area contributed by atoms with E-state index in [9.17, 15) is 4.79 Å². The average molecular weight is 212 g/mol. The maximum absolute atomic E-state index is 11.5. The molecule has 86 valence electrons. The number of carbonyl (C=O) groups excluding carboxylic acids is 1. The van der Waals surface area contributed by atoms with Crippen molar-refractivity contribution in [1.29, 1.82) is 0 Å². The van der Waals surface area contributed by atoms with Crippen LogP contribution in [-0.2, 0) is 9.53 Å². The van der Waals surface area contributed by atoms with Crippen molar-refractivity contribution in [2.75, 3.05) is 19.7 Å². The Bertz CT molecular complexity index is 229. The van der Waals surface area contributed by atoms with Gasteiger partial charge in [-0.05, 0) is 31.7 Å². The van der Waals surface area contributed by atoms with E-state index in [4.69, 9.17) is 4.74 Å². The molecule has 2 N–H and O–H groups in total. The van der Waals surface area contributed by atoms with Crippen molar-refractivity contribution in [1.82, 2.24) is 10.6 Å². The van der Waals surface area contributed by atoms with Crippen molar-refractivity contribution in [3.63, 3.8) is 0 Å². The molecule has 1 heterocycles. The zero-order valence-electron chi connectivity index (χ0n) is 9.29. The Kier molecular flexibility index (Phi) is 3.59. The lowest BCUT2D eigenvalue weighted by Crippen LogP contribution is -2.44. The second-order valence-electron chi connectivity index (χ2n) is 4.42. The van der Waals surface area contributed by atoms with E-state index in [0.29, 0.717) is 12.5 Å². The average Bonchev–Trinajstić information content (AvgIpc) is 2.97. The Morgan fingerprint density at radius 2 is 2.20 bits per heavy atom. The second-order valence-corrected chi connectivity index (χ2v) is 4.42. The van der Waals surface area contributed by atoms with Crippen LogP contribution in [0.25, 0.3) is 0 Å². The molecule has 0 bridgehead atoms. The van der Waals surface area contributed by atoms with Gasteiger partial charge in [0.2, 0.25) is 5.91 Å². The molecule has 0 spiro atoms. The van der Waals surface area contributed by atoms with Gasteiger partial charge in [-0.15, -0.1) is 0 Å². The minimum absolute atomic E-state index is 0.0954. The first-order valence-corrected chi connectivity index (χ1v) is 5.93. The van der Waals surface area contributed by atoms with Gasteiger partial charge >= 0.3 is 0 Å². The Morgan fingerprint density at radius 3 is 2.87 bits per heavy atom. The molecule has 0 aromatic carbocycles. The van der Waals surface area contributed by atoms with Crippen LogP contribution in [0.5, 0.6) is 0 Å². The molecule has 0 aromatic rings. The number of ether oxygens (including phenoxy) is 1. The van der Waals surface area contributed by atoms with E-state index < -0.39 is 0 Å². The Morgan fingerprint density at radius 1 is 1.40 bits per heavy atom. The highest BCUT2D eigenvalue weighted by Gasteiger charge is 2.40. The van der Waals surface area contributed by atoms with Crippen LogP contribution >= 0.6 is 0 Å². The van der Waals surface area contributed by atoms with E-state index >= 15 is 0 Å². The van der Waals surface area contributed by atoms with Crippen molar-refractivity contribution in [2.24, 2.45) is 5.92 Å². The van der Waals surface area contributed by atoms with E-state index in [1.807, 2.05) is 6.92 Å². The molecule has 0 aromatic heterocycles. The molecule has 1 amide bonds. The summed E-state index contributed by atoms with van der Waals surface area (Å²) in [5.74, 6) is 0.801. The zero-order chi connectivity index (χ0) is 10.7. The van der Waals surface area contributed by atoms with E-state index in [1.165, 1.54) is 12.8 Å². The lowest BCUT2D eigenvalue weighted by molar-refractivity contribution is -0.121. The van der Waals surface area contributed by atoms with E-state index in [2.05, 4.69) is 10.6 Å². The molecule has 4 heteroatoms. The third kappa shape index (κ3) is 2.92. The van der Waals surface area contributed by atoms with Crippen LogP contribution in [0.1, 0.15) is 26.2 Å². The molecule has 0 radical (unpaired) electrons. The summed E-state index contributed by atoms with van der Waals surface area (Å²) in [7, 11) is 0. The molecule has 15 heavy (non-hydrogen) atoms. The number of likely N-dealkylation sites (N-methyl/N-ethyl adjacent to an activating group) is 1. The smallest absolute Gasteiger partial charge is 0.234 e. The fourth-order valence-electron chi connectivity index (χ4n) is 2.15. The first-order valence-electron chi connectivity index (χ1n) is 5.93. The molecular formula is C11H20N2O2. The second kappa shape index (κ2) is 4.94. The van der Waals surface area contributed by atoms with Gasteiger partial charge in [-0.1, -0.05) is 6.92 Å². The van der Waals surface area contributed by atoms with E-state index in [-0.39, 0.29) is 18.1 Å². The molecule has 4 nitrogen and oxygen atoms in total. The van der Waals surface area contributed by atoms with Crippen LogP contribution in [0.4, 0.5) is 0 Å². The Labute approximate surface area is 90.8 Å². The topological polar surface area (TPSA) is 50.4 Å². The van der Waals surface area contributed by atoms with Gasteiger partial charge in [-0.2, -0.15) is 0 Å². The monoisotopic (exact) mass is 212 g/mol. The molecule has 1 aliphatic carbocycles. The largest absolute Gasteiger partial charge is 0.376 e. The standard InChI is InChI=1S/C11H20N2O2/c1-2-12-7-10(14)13-9-5-6-15-11(9)8-3-4-8/h8-9,11-12H,2-7H2,1H3,(H,13,14). The highest BCUT2D eigenvalue weighted by atomic mass is 16.5. The van der Waals surface area contributed by atoms with Gasteiger partial charge in [0.15, 0.2) is 0 Å². The summed E-state index contributed by atoms with van der Waals surface area (Å²) >= 11 is 0. The van der Waals surface area contributed by atoms with Crippen LogP contribution in [0.3, 0.4) is 0 Å². The van der Waals surface area contributed by atoms with Crippen molar-refractivity contribution in [3.8, 4) is 0 Å². The summed E-state index contributed by atoms with van der Waals surface area (Å²) in [4.78, 5) is 11.5. The summed E-state index contributed by atoms with van der Waals surface area (Å²) in [6.45, 7) is 4.05. The van der Waals surface area contributed by atoms with Crippen LogP contribution in [0.2, 0.25) is 0 Å². The molecule has 1 saturated carbocycles. The summed E-state index contributed by atoms with van der Waals surface area (Å²) in [6, 6.07) is 0.253. The number of nitrogens with one attached hydrogen (secondary N) is 2. The normalized spacial score (nSPS) is 30.5. The number of carbonyl (C=O) groups is 1. The summed E-state index contributed by atoms with van der Waals surface area (Å²) in [6.07, 6.45) is 3.80. The first-order chi connectivity index (χ1) is 7.31. The lowest BCUT2D eigenvalue weighted by Gasteiger charge is -2.19. The fourth-order valence-corrected chi connectivity index (χ4v) is 2.15. The maximum Gasteiger partial charge on any atom is 0.234 e. The van der Waals surface area contributed by atoms with Crippen LogP contribution < -0.4 is 10.6 Å². The summed E-state index contributed by atoms with van der Waals surface area (Å²) in [5, 5.41) is 6.09. The van der Waals surface area contributed by atoms with E-state index in [1.54, 1.807) is 0 Å². The molecule has 2 fully saturated rings.